The zero-order valence-corrected chi connectivity index (χ0v) is 18.6. The zero-order chi connectivity index (χ0) is 23.5. The van der Waals surface area contributed by atoms with E-state index < -0.39 is 5.97 Å². The predicted octanol–water partition coefficient (Wildman–Crippen LogP) is 4.31. The van der Waals surface area contributed by atoms with E-state index in [1.807, 2.05) is 31.4 Å². The summed E-state index contributed by atoms with van der Waals surface area (Å²) in [5.41, 5.74) is 1.61. The molecule has 2 aromatic carbocycles. The van der Waals surface area contributed by atoms with Gasteiger partial charge in [-0.3, -0.25) is 4.79 Å². The Morgan fingerprint density at radius 2 is 1.62 bits per heavy atom. The van der Waals surface area contributed by atoms with E-state index in [4.69, 9.17) is 14.6 Å². The molecular weight excluding hydrogens is 410 g/mol. The zero-order valence-electron chi connectivity index (χ0n) is 18.6. The number of carboxylic acids is 1. The fraction of sp³-hybridized carbons (Fsp3) is 0.250. The smallest absolute Gasteiger partial charge is 0.335 e. The van der Waals surface area contributed by atoms with Crippen molar-refractivity contribution in [2.24, 2.45) is 0 Å². The molecule has 3 aromatic rings. The van der Waals surface area contributed by atoms with E-state index >= 15 is 0 Å². The normalized spacial score (nSPS) is 11.5. The number of benzene rings is 2. The fourth-order valence-corrected chi connectivity index (χ4v) is 3.18. The number of carbonyl (C=O) groups is 2. The number of rotatable bonds is 7. The van der Waals surface area contributed by atoms with Gasteiger partial charge in [-0.2, -0.15) is 0 Å². The molecule has 0 aliphatic carbocycles. The third-order valence-corrected chi connectivity index (χ3v) is 4.89. The Morgan fingerprint density at radius 3 is 2.19 bits per heavy atom. The van der Waals surface area contributed by atoms with Crippen molar-refractivity contribution in [1.82, 2.24) is 14.8 Å². The van der Waals surface area contributed by atoms with Gasteiger partial charge in [-0.1, -0.05) is 12.1 Å². The van der Waals surface area contributed by atoms with Gasteiger partial charge in [0.25, 0.3) is 0 Å². The second kappa shape index (κ2) is 9.05. The molecule has 8 heteroatoms. The number of ketones is 1. The van der Waals surface area contributed by atoms with Crippen molar-refractivity contribution >= 4 is 17.8 Å². The lowest BCUT2D eigenvalue weighted by Crippen LogP contribution is -2.22. The van der Waals surface area contributed by atoms with Gasteiger partial charge in [-0.15, -0.1) is 10.2 Å². The first-order chi connectivity index (χ1) is 15.2. The van der Waals surface area contributed by atoms with Gasteiger partial charge in [0.15, 0.2) is 11.6 Å². The first-order valence-electron chi connectivity index (χ1n) is 9.88. The number of hydrogen-bond acceptors (Lipinski definition) is 6. The number of nitrogens with zero attached hydrogens (tertiary/aromatic N) is 3. The first-order valence-corrected chi connectivity index (χ1v) is 9.88. The summed E-state index contributed by atoms with van der Waals surface area (Å²) in [6.45, 7) is 6.14. The van der Waals surface area contributed by atoms with Crippen molar-refractivity contribution in [3.8, 4) is 22.9 Å². The molecule has 0 aliphatic rings. The molecule has 1 heterocycles. The molecule has 1 N–H and O–H groups in total. The minimum absolute atomic E-state index is 0.120. The van der Waals surface area contributed by atoms with E-state index in [1.165, 1.54) is 37.5 Å². The summed E-state index contributed by atoms with van der Waals surface area (Å²) in [4.78, 5) is 23.6. The summed E-state index contributed by atoms with van der Waals surface area (Å²) in [5, 5.41) is 17.3. The Hall–Kier alpha value is -3.94. The van der Waals surface area contributed by atoms with Gasteiger partial charge < -0.3 is 19.1 Å². The topological polar surface area (TPSA) is 104 Å². The van der Waals surface area contributed by atoms with Crippen LogP contribution < -0.4 is 9.47 Å². The molecule has 0 saturated carbocycles. The highest BCUT2D eigenvalue weighted by molar-refractivity contribution is 6.07. The third-order valence-electron chi connectivity index (χ3n) is 4.89. The lowest BCUT2D eigenvalue weighted by molar-refractivity contribution is 0.0696. The monoisotopic (exact) mass is 435 g/mol. The average Bonchev–Trinajstić information content (AvgIpc) is 3.27. The van der Waals surface area contributed by atoms with E-state index in [2.05, 4.69) is 10.2 Å². The molecule has 3 rings (SSSR count). The number of aromatic nitrogens is 3. The number of methoxy groups -OCH3 is 2. The first kappa shape index (κ1) is 22.7. The minimum atomic E-state index is -1.04. The summed E-state index contributed by atoms with van der Waals surface area (Å²) >= 11 is 0. The minimum Gasteiger partial charge on any atom is -0.496 e. The molecule has 0 bridgehead atoms. The Bertz CT molecular complexity index is 1170. The van der Waals surface area contributed by atoms with Gasteiger partial charge >= 0.3 is 5.97 Å². The number of carbonyl (C=O) groups excluding carboxylic acids is 1. The van der Waals surface area contributed by atoms with Crippen molar-refractivity contribution < 1.29 is 24.2 Å². The van der Waals surface area contributed by atoms with Crippen LogP contribution in [-0.2, 0) is 5.54 Å². The summed E-state index contributed by atoms with van der Waals surface area (Å²) in [7, 11) is 3.10. The van der Waals surface area contributed by atoms with Crippen LogP contribution in [0.4, 0.5) is 0 Å². The van der Waals surface area contributed by atoms with Crippen LogP contribution in [0.25, 0.3) is 17.5 Å². The molecular formula is C24H25N3O5. The van der Waals surface area contributed by atoms with Gasteiger partial charge in [0, 0.05) is 22.7 Å². The van der Waals surface area contributed by atoms with Crippen LogP contribution in [0.15, 0.2) is 48.8 Å². The van der Waals surface area contributed by atoms with Crippen molar-refractivity contribution in [3.05, 3.63) is 65.5 Å². The summed E-state index contributed by atoms with van der Waals surface area (Å²) in [5.74, 6) is 0.408. The maximum atomic E-state index is 12.6. The SMILES string of the molecule is COc1cc(OC)c(-c2nncn2C(C)(C)C)cc1/C=C/C(=O)c1ccc(C(=O)O)cc1. The fourth-order valence-electron chi connectivity index (χ4n) is 3.18. The predicted molar refractivity (Wildman–Crippen MR) is 120 cm³/mol. The van der Waals surface area contributed by atoms with Gasteiger partial charge in [0.1, 0.15) is 17.8 Å². The van der Waals surface area contributed by atoms with Crippen LogP contribution in [0, 0.1) is 0 Å². The van der Waals surface area contributed by atoms with Crippen molar-refractivity contribution in [2.45, 2.75) is 26.3 Å². The van der Waals surface area contributed by atoms with Crippen LogP contribution in [-0.4, -0.2) is 45.8 Å². The average molecular weight is 435 g/mol. The lowest BCUT2D eigenvalue weighted by Gasteiger charge is -2.23. The van der Waals surface area contributed by atoms with Crippen molar-refractivity contribution in [1.29, 1.82) is 0 Å². The summed E-state index contributed by atoms with van der Waals surface area (Å²) in [6, 6.07) is 9.34. The van der Waals surface area contributed by atoms with Crippen molar-refractivity contribution in [3.63, 3.8) is 0 Å². The van der Waals surface area contributed by atoms with E-state index in [-0.39, 0.29) is 16.9 Å². The molecule has 0 amide bonds. The molecule has 0 unspecified atom stereocenters. The van der Waals surface area contributed by atoms with Gasteiger partial charge in [-0.25, -0.2) is 4.79 Å². The van der Waals surface area contributed by atoms with Gasteiger partial charge in [0.05, 0.1) is 25.3 Å². The highest BCUT2D eigenvalue weighted by Crippen LogP contribution is 2.37. The van der Waals surface area contributed by atoms with Crippen LogP contribution in [0.1, 0.15) is 47.1 Å². The molecule has 0 fully saturated rings. The van der Waals surface area contributed by atoms with Crippen molar-refractivity contribution in [2.75, 3.05) is 14.2 Å². The second-order valence-electron chi connectivity index (χ2n) is 8.07. The molecule has 32 heavy (non-hydrogen) atoms. The Balaban J connectivity index is 2.01. The molecule has 0 atom stereocenters. The van der Waals surface area contributed by atoms with E-state index in [0.717, 1.165) is 0 Å². The number of hydrogen-bond donors (Lipinski definition) is 1. The number of ether oxygens (including phenoxy) is 2. The van der Waals surface area contributed by atoms with Crippen LogP contribution in [0.3, 0.4) is 0 Å². The highest BCUT2D eigenvalue weighted by Gasteiger charge is 2.22. The highest BCUT2D eigenvalue weighted by atomic mass is 16.5. The van der Waals surface area contributed by atoms with Gasteiger partial charge in [-0.05, 0) is 51.1 Å². The number of carboxylic acid groups (broad SMARTS) is 1. The summed E-state index contributed by atoms with van der Waals surface area (Å²) in [6.07, 6.45) is 4.73. The van der Waals surface area contributed by atoms with Gasteiger partial charge in [0.2, 0.25) is 0 Å². The standard InChI is InChI=1S/C24H25N3O5/c1-24(2,3)27-14-25-26-22(27)18-12-17(20(31-4)13-21(18)32-5)10-11-19(28)15-6-8-16(9-7-15)23(29)30/h6-14H,1-5H3,(H,29,30)/b11-10+. The Labute approximate surface area is 186 Å². The molecule has 0 aliphatic heterocycles. The lowest BCUT2D eigenvalue weighted by atomic mass is 10.0. The third kappa shape index (κ3) is 4.69. The van der Waals surface area contributed by atoms with E-state index in [9.17, 15) is 9.59 Å². The molecule has 1 aromatic heterocycles. The molecule has 0 spiro atoms. The number of aromatic carboxylic acids is 1. The Kier molecular flexibility index (Phi) is 6.43. The van der Waals surface area contributed by atoms with Crippen LogP contribution in [0.5, 0.6) is 11.5 Å². The quantitative estimate of drug-likeness (QED) is 0.436. The molecule has 0 radical (unpaired) electrons. The van der Waals surface area contributed by atoms with E-state index in [0.29, 0.717) is 34.0 Å². The van der Waals surface area contributed by atoms with Crippen LogP contribution in [0.2, 0.25) is 0 Å². The molecule has 166 valence electrons. The molecule has 0 saturated heterocycles. The number of allylic oxidation sites excluding steroid dienone is 1. The van der Waals surface area contributed by atoms with E-state index in [1.54, 1.807) is 25.6 Å². The van der Waals surface area contributed by atoms with Crippen LogP contribution >= 0.6 is 0 Å². The Morgan fingerprint density at radius 1 is 1.00 bits per heavy atom. The maximum absolute atomic E-state index is 12.6. The largest absolute Gasteiger partial charge is 0.496 e. The second-order valence-corrected chi connectivity index (χ2v) is 8.07. The summed E-state index contributed by atoms with van der Waals surface area (Å²) < 4.78 is 13.0. The maximum Gasteiger partial charge on any atom is 0.335 e. The molecule has 8 nitrogen and oxygen atoms in total.